The van der Waals surface area contributed by atoms with Gasteiger partial charge in [0.15, 0.2) is 5.96 Å². The highest BCUT2D eigenvalue weighted by atomic mass is 127. The maximum atomic E-state index is 5.59. The number of methoxy groups -OCH3 is 1. The number of nitrogens with zero attached hydrogens (tertiary/aromatic N) is 1. The molecule has 1 heterocycles. The molecule has 2 aromatic rings. The van der Waals surface area contributed by atoms with Crippen LogP contribution in [0.15, 0.2) is 29.3 Å². The summed E-state index contributed by atoms with van der Waals surface area (Å²) in [6.45, 7) is 10.2. The van der Waals surface area contributed by atoms with Crippen molar-refractivity contribution in [1.29, 1.82) is 0 Å². The average molecular weight is 472 g/mol. The summed E-state index contributed by atoms with van der Waals surface area (Å²) in [5.41, 5.74) is 3.88. The van der Waals surface area contributed by atoms with Gasteiger partial charge in [-0.05, 0) is 30.4 Å². The maximum Gasteiger partial charge on any atom is 0.191 e. The molecule has 0 bridgehead atoms. The Kier molecular flexibility index (Phi) is 8.89. The Morgan fingerprint density at radius 3 is 2.54 bits per heavy atom. The highest BCUT2D eigenvalue weighted by molar-refractivity contribution is 14.0. The Labute approximate surface area is 174 Å². The third kappa shape index (κ3) is 5.87. The summed E-state index contributed by atoms with van der Waals surface area (Å²) in [7, 11) is 3.55. The predicted molar refractivity (Wildman–Crippen MR) is 122 cm³/mol. The Morgan fingerprint density at radius 2 is 1.92 bits per heavy atom. The van der Waals surface area contributed by atoms with Gasteiger partial charge in [-0.1, -0.05) is 39.0 Å². The SMILES string of the molecule is CN=C(NCCc1c(C)[nH]c2ccccc12)NCC(OC)C(C)(C)C.I. The van der Waals surface area contributed by atoms with E-state index >= 15 is 0 Å². The van der Waals surface area contributed by atoms with Gasteiger partial charge < -0.3 is 20.4 Å². The number of para-hydroxylation sites is 1. The predicted octanol–water partition coefficient (Wildman–Crippen LogP) is 3.86. The molecule has 0 saturated carbocycles. The Balaban J connectivity index is 0.00000338. The van der Waals surface area contributed by atoms with Gasteiger partial charge in [0.05, 0.1) is 6.10 Å². The molecule has 0 aliphatic rings. The standard InChI is InChI=1S/C20H32N4O.HI/c1-14-15(16-9-7-8-10-17(16)24-14)11-12-22-19(21-5)23-13-18(25-6)20(2,3)4;/h7-10,18,24H,11-13H2,1-6H3,(H2,21,22,23);1H. The second-order valence-electron chi connectivity index (χ2n) is 7.49. The minimum Gasteiger partial charge on any atom is -0.379 e. The number of rotatable bonds is 6. The van der Waals surface area contributed by atoms with Gasteiger partial charge >= 0.3 is 0 Å². The highest BCUT2D eigenvalue weighted by Gasteiger charge is 2.24. The molecular weight excluding hydrogens is 439 g/mol. The van der Waals surface area contributed by atoms with E-state index in [1.807, 2.05) is 0 Å². The van der Waals surface area contributed by atoms with Crippen LogP contribution in [0.2, 0.25) is 0 Å². The van der Waals surface area contributed by atoms with Crippen LogP contribution in [0.3, 0.4) is 0 Å². The van der Waals surface area contributed by atoms with Gasteiger partial charge in [-0.3, -0.25) is 4.99 Å². The summed E-state index contributed by atoms with van der Waals surface area (Å²) in [5, 5.41) is 8.07. The van der Waals surface area contributed by atoms with Gasteiger partial charge in [0, 0.05) is 43.8 Å². The molecule has 1 atom stereocenters. The molecule has 1 aromatic heterocycles. The first-order valence-electron chi connectivity index (χ1n) is 8.90. The van der Waals surface area contributed by atoms with Gasteiger partial charge in [-0.2, -0.15) is 0 Å². The Morgan fingerprint density at radius 1 is 1.23 bits per heavy atom. The van der Waals surface area contributed by atoms with E-state index in [1.54, 1.807) is 14.2 Å². The molecule has 0 aliphatic heterocycles. The number of benzene rings is 1. The number of hydrogen-bond acceptors (Lipinski definition) is 2. The van der Waals surface area contributed by atoms with E-state index in [2.05, 4.69) is 72.6 Å². The van der Waals surface area contributed by atoms with E-state index in [9.17, 15) is 0 Å². The average Bonchev–Trinajstić information content (AvgIpc) is 2.88. The molecule has 0 radical (unpaired) electrons. The fourth-order valence-corrected chi connectivity index (χ4v) is 3.12. The van der Waals surface area contributed by atoms with E-state index in [0.29, 0.717) is 0 Å². The first-order chi connectivity index (χ1) is 11.9. The lowest BCUT2D eigenvalue weighted by Gasteiger charge is -2.30. The normalized spacial score (nSPS) is 13.4. The molecule has 26 heavy (non-hydrogen) atoms. The topological polar surface area (TPSA) is 61.4 Å². The Hall–Kier alpha value is -1.28. The van der Waals surface area contributed by atoms with E-state index in [1.165, 1.54) is 22.2 Å². The number of guanidine groups is 1. The van der Waals surface area contributed by atoms with Crippen LogP contribution in [0, 0.1) is 12.3 Å². The summed E-state index contributed by atoms with van der Waals surface area (Å²) in [5.74, 6) is 0.809. The molecule has 0 fully saturated rings. The monoisotopic (exact) mass is 472 g/mol. The molecule has 0 saturated heterocycles. The van der Waals surface area contributed by atoms with Crippen LogP contribution in [0.4, 0.5) is 0 Å². The quantitative estimate of drug-likeness (QED) is 0.340. The van der Waals surface area contributed by atoms with Crippen LogP contribution in [-0.2, 0) is 11.2 Å². The van der Waals surface area contributed by atoms with Gasteiger partial charge in [0.1, 0.15) is 0 Å². The second kappa shape index (κ2) is 10.2. The molecule has 6 heteroatoms. The lowest BCUT2D eigenvalue weighted by atomic mass is 9.89. The van der Waals surface area contributed by atoms with E-state index < -0.39 is 0 Å². The zero-order chi connectivity index (χ0) is 18.4. The molecule has 5 nitrogen and oxygen atoms in total. The number of halogens is 1. The lowest BCUT2D eigenvalue weighted by molar-refractivity contribution is 0.0205. The smallest absolute Gasteiger partial charge is 0.191 e. The highest BCUT2D eigenvalue weighted by Crippen LogP contribution is 2.22. The molecule has 3 N–H and O–H groups in total. The number of aromatic amines is 1. The first kappa shape index (κ1) is 22.8. The number of hydrogen-bond donors (Lipinski definition) is 3. The molecule has 146 valence electrons. The van der Waals surface area contributed by atoms with E-state index in [0.717, 1.165) is 25.5 Å². The fraction of sp³-hybridized carbons (Fsp3) is 0.550. The van der Waals surface area contributed by atoms with Crippen molar-refractivity contribution in [3.05, 3.63) is 35.5 Å². The molecule has 0 amide bonds. The fourth-order valence-electron chi connectivity index (χ4n) is 3.12. The number of aliphatic imine (C=N–C) groups is 1. The zero-order valence-corrected chi connectivity index (χ0v) is 19.1. The van der Waals surface area contributed by atoms with Crippen LogP contribution in [-0.4, -0.2) is 44.3 Å². The number of aryl methyl sites for hydroxylation is 1. The van der Waals surface area contributed by atoms with Crippen molar-refractivity contribution in [1.82, 2.24) is 15.6 Å². The number of nitrogens with one attached hydrogen (secondary N) is 3. The largest absolute Gasteiger partial charge is 0.379 e. The van der Waals surface area contributed by atoms with Crippen LogP contribution in [0.1, 0.15) is 32.0 Å². The third-order valence-electron chi connectivity index (χ3n) is 4.62. The molecule has 0 aliphatic carbocycles. The van der Waals surface area contributed by atoms with Crippen LogP contribution >= 0.6 is 24.0 Å². The molecule has 1 unspecified atom stereocenters. The van der Waals surface area contributed by atoms with E-state index in [4.69, 9.17) is 4.74 Å². The van der Waals surface area contributed by atoms with Gasteiger partial charge in [-0.25, -0.2) is 0 Å². The zero-order valence-electron chi connectivity index (χ0n) is 16.8. The van der Waals surface area contributed by atoms with Crippen LogP contribution in [0.5, 0.6) is 0 Å². The summed E-state index contributed by atoms with van der Waals surface area (Å²) in [6, 6.07) is 8.45. The minimum absolute atomic E-state index is 0. The Bertz CT molecular complexity index is 718. The maximum absolute atomic E-state index is 5.59. The van der Waals surface area contributed by atoms with Crippen LogP contribution in [0.25, 0.3) is 10.9 Å². The van der Waals surface area contributed by atoms with Crippen molar-refractivity contribution in [2.45, 2.75) is 40.2 Å². The molecule has 1 aromatic carbocycles. The summed E-state index contributed by atoms with van der Waals surface area (Å²) >= 11 is 0. The van der Waals surface area contributed by atoms with Gasteiger partial charge in [0.2, 0.25) is 0 Å². The number of fused-ring (bicyclic) bond motifs is 1. The van der Waals surface area contributed by atoms with Crippen molar-refractivity contribution in [3.8, 4) is 0 Å². The summed E-state index contributed by atoms with van der Waals surface area (Å²) in [4.78, 5) is 7.76. The number of aromatic nitrogens is 1. The van der Waals surface area contributed by atoms with Crippen molar-refractivity contribution < 1.29 is 4.74 Å². The second-order valence-corrected chi connectivity index (χ2v) is 7.49. The van der Waals surface area contributed by atoms with Crippen molar-refractivity contribution in [2.75, 3.05) is 27.2 Å². The lowest BCUT2D eigenvalue weighted by Crippen LogP contribution is -2.45. The number of ether oxygens (including phenoxy) is 1. The minimum atomic E-state index is 0. The van der Waals surface area contributed by atoms with Crippen molar-refractivity contribution in [3.63, 3.8) is 0 Å². The molecule has 2 rings (SSSR count). The molecule has 0 spiro atoms. The molecular formula is C20H33IN4O. The summed E-state index contributed by atoms with van der Waals surface area (Å²) < 4.78 is 5.59. The van der Waals surface area contributed by atoms with Crippen molar-refractivity contribution in [2.24, 2.45) is 10.4 Å². The third-order valence-corrected chi connectivity index (χ3v) is 4.62. The van der Waals surface area contributed by atoms with Crippen molar-refractivity contribution >= 4 is 40.8 Å². The van der Waals surface area contributed by atoms with Crippen LogP contribution < -0.4 is 10.6 Å². The first-order valence-corrected chi connectivity index (χ1v) is 8.90. The van der Waals surface area contributed by atoms with Gasteiger partial charge in [0.25, 0.3) is 0 Å². The summed E-state index contributed by atoms with van der Waals surface area (Å²) in [6.07, 6.45) is 1.07. The van der Waals surface area contributed by atoms with E-state index in [-0.39, 0.29) is 35.5 Å². The van der Waals surface area contributed by atoms with Gasteiger partial charge in [-0.15, -0.1) is 24.0 Å². The number of H-pyrrole nitrogens is 1.